The number of hydrogen-bond acceptors (Lipinski definition) is 4. The van der Waals surface area contributed by atoms with Crippen molar-refractivity contribution < 1.29 is 14.6 Å². The third-order valence-electron chi connectivity index (χ3n) is 6.65. The third kappa shape index (κ3) is 2.83. The van der Waals surface area contributed by atoms with E-state index in [4.69, 9.17) is 4.74 Å². The Morgan fingerprint density at radius 2 is 1.70 bits per heavy atom. The maximum Gasteiger partial charge on any atom is 0.313 e. The monoisotopic (exact) mass is 363 g/mol. The molecule has 1 saturated carbocycles. The molecule has 140 valence electrons. The number of phenols is 1. The molecule has 5 rings (SSSR count). The fourth-order valence-electron chi connectivity index (χ4n) is 5.13. The van der Waals surface area contributed by atoms with Crippen molar-refractivity contribution in [3.05, 3.63) is 53.6 Å². The number of phenolic OH excluding ortho intramolecular Hbond substituents is 1. The summed E-state index contributed by atoms with van der Waals surface area (Å²) in [6.07, 6.45) is 4.20. The Morgan fingerprint density at radius 1 is 1.04 bits per heavy atom. The van der Waals surface area contributed by atoms with E-state index < -0.39 is 0 Å². The highest BCUT2D eigenvalue weighted by Gasteiger charge is 2.56. The van der Waals surface area contributed by atoms with Crippen LogP contribution in [-0.4, -0.2) is 42.7 Å². The van der Waals surface area contributed by atoms with E-state index in [0.29, 0.717) is 11.2 Å². The molecule has 0 unspecified atom stereocenters. The van der Waals surface area contributed by atoms with Gasteiger partial charge >= 0.3 is 5.97 Å². The lowest BCUT2D eigenvalue weighted by molar-refractivity contribution is -0.149. The van der Waals surface area contributed by atoms with Crippen molar-refractivity contribution in [2.75, 3.05) is 26.7 Å². The first-order valence-electron chi connectivity index (χ1n) is 9.73. The molecule has 27 heavy (non-hydrogen) atoms. The molecule has 1 N–H and O–H groups in total. The van der Waals surface area contributed by atoms with Crippen LogP contribution in [0, 0.1) is 10.8 Å². The number of ether oxygens (including phenoxy) is 1. The zero-order chi connectivity index (χ0) is 18.6. The molecule has 1 spiro atoms. The van der Waals surface area contributed by atoms with Gasteiger partial charge < -0.3 is 14.7 Å². The Balaban J connectivity index is 1.27. The summed E-state index contributed by atoms with van der Waals surface area (Å²) in [6, 6.07) is 14.2. The van der Waals surface area contributed by atoms with Gasteiger partial charge in [-0.3, -0.25) is 4.79 Å². The Bertz CT molecular complexity index is 892. The highest BCUT2D eigenvalue weighted by atomic mass is 16.5. The molecule has 3 aliphatic rings. The van der Waals surface area contributed by atoms with Gasteiger partial charge in [-0.05, 0) is 60.1 Å². The molecule has 0 amide bonds. The van der Waals surface area contributed by atoms with Gasteiger partial charge in [-0.15, -0.1) is 0 Å². The van der Waals surface area contributed by atoms with Crippen LogP contribution in [0.3, 0.4) is 0 Å². The molecule has 1 saturated heterocycles. The second-order valence-electron chi connectivity index (χ2n) is 8.80. The number of aromatic hydroxyl groups is 1. The van der Waals surface area contributed by atoms with Crippen LogP contribution in [0.15, 0.2) is 42.5 Å². The van der Waals surface area contributed by atoms with Gasteiger partial charge in [0.15, 0.2) is 0 Å². The van der Waals surface area contributed by atoms with Gasteiger partial charge in [0, 0.05) is 25.0 Å². The number of benzene rings is 2. The van der Waals surface area contributed by atoms with Crippen LogP contribution in [0.4, 0.5) is 0 Å². The first-order valence-corrected chi connectivity index (χ1v) is 9.73. The average molecular weight is 363 g/mol. The number of likely N-dealkylation sites (tertiary alicyclic amines) is 1. The number of methoxy groups -OCH3 is 1. The number of carbonyl (C=O) groups is 1. The minimum atomic E-state index is -0.214. The van der Waals surface area contributed by atoms with Crippen molar-refractivity contribution in [3.8, 4) is 16.9 Å². The predicted octanol–water partition coefficient (Wildman–Crippen LogP) is 3.41. The van der Waals surface area contributed by atoms with E-state index >= 15 is 0 Å². The summed E-state index contributed by atoms with van der Waals surface area (Å²) >= 11 is 0. The second-order valence-corrected chi connectivity index (χ2v) is 8.80. The molecule has 0 atom stereocenters. The van der Waals surface area contributed by atoms with E-state index in [1.165, 1.54) is 23.8 Å². The molecule has 1 heterocycles. The fraction of sp³-hybridized carbons (Fsp3) is 0.435. The molecule has 4 heteroatoms. The van der Waals surface area contributed by atoms with Gasteiger partial charge in [-0.1, -0.05) is 30.3 Å². The van der Waals surface area contributed by atoms with Crippen molar-refractivity contribution in [1.82, 2.24) is 4.90 Å². The van der Waals surface area contributed by atoms with Crippen LogP contribution in [-0.2, 0) is 22.4 Å². The van der Waals surface area contributed by atoms with Gasteiger partial charge in [0.1, 0.15) is 5.75 Å². The van der Waals surface area contributed by atoms with E-state index in [-0.39, 0.29) is 11.4 Å². The number of fused-ring (bicyclic) bond motifs is 1. The topological polar surface area (TPSA) is 49.8 Å². The Kier molecular flexibility index (Phi) is 3.63. The summed E-state index contributed by atoms with van der Waals surface area (Å²) in [6.45, 7) is 3.01. The number of hydrogen-bond donors (Lipinski definition) is 1. The van der Waals surface area contributed by atoms with Gasteiger partial charge in [-0.25, -0.2) is 0 Å². The highest BCUT2D eigenvalue weighted by Crippen LogP contribution is 2.51. The lowest BCUT2D eigenvalue weighted by Gasteiger charge is -2.49. The Hall–Kier alpha value is -2.33. The maximum absolute atomic E-state index is 12.0. The third-order valence-corrected chi connectivity index (χ3v) is 6.65. The lowest BCUT2D eigenvalue weighted by atomic mass is 9.76. The molecule has 1 aliphatic heterocycles. The smallest absolute Gasteiger partial charge is 0.313 e. The van der Waals surface area contributed by atoms with Gasteiger partial charge in [-0.2, -0.15) is 0 Å². The number of rotatable bonds is 4. The number of nitrogens with zero attached hydrogens (tertiary/aromatic N) is 1. The molecule has 0 aromatic heterocycles. The van der Waals surface area contributed by atoms with Gasteiger partial charge in [0.2, 0.25) is 0 Å². The standard InChI is InChI=1S/C23H25NO3/c1-27-21(26)23(8-9-23)15-24-13-22(14-24)11-18-3-2-17(10-19(18)12-22)16-4-6-20(25)7-5-16/h2-7,10,25H,8-9,11-15H2,1H3. The molecule has 2 fully saturated rings. The molecule has 4 nitrogen and oxygen atoms in total. The molecule has 2 aromatic carbocycles. The van der Waals surface area contributed by atoms with Crippen LogP contribution >= 0.6 is 0 Å². The Labute approximate surface area is 159 Å². The first-order chi connectivity index (χ1) is 13.0. The number of carbonyl (C=O) groups excluding carboxylic acids is 1. The van der Waals surface area contributed by atoms with Crippen molar-refractivity contribution >= 4 is 5.97 Å². The van der Waals surface area contributed by atoms with Gasteiger partial charge in [0.25, 0.3) is 0 Å². The van der Waals surface area contributed by atoms with Crippen LogP contribution in [0.1, 0.15) is 24.0 Å². The quantitative estimate of drug-likeness (QED) is 0.846. The molecule has 0 radical (unpaired) electrons. The molecular weight excluding hydrogens is 338 g/mol. The van der Waals surface area contributed by atoms with Crippen molar-refractivity contribution in [3.63, 3.8) is 0 Å². The van der Waals surface area contributed by atoms with E-state index in [9.17, 15) is 9.90 Å². The van der Waals surface area contributed by atoms with Crippen molar-refractivity contribution in [2.24, 2.45) is 10.8 Å². The van der Waals surface area contributed by atoms with E-state index in [1.54, 1.807) is 12.1 Å². The zero-order valence-corrected chi connectivity index (χ0v) is 15.7. The summed E-state index contributed by atoms with van der Waals surface area (Å²) in [7, 11) is 1.50. The summed E-state index contributed by atoms with van der Waals surface area (Å²) in [4.78, 5) is 14.4. The summed E-state index contributed by atoms with van der Waals surface area (Å²) in [5.41, 5.74) is 5.40. The Morgan fingerprint density at radius 3 is 2.37 bits per heavy atom. The number of esters is 1. The largest absolute Gasteiger partial charge is 0.508 e. The minimum Gasteiger partial charge on any atom is -0.508 e. The fourth-order valence-corrected chi connectivity index (χ4v) is 5.13. The highest BCUT2D eigenvalue weighted by molar-refractivity contribution is 5.80. The van der Waals surface area contributed by atoms with E-state index in [0.717, 1.165) is 50.9 Å². The molecule has 2 aromatic rings. The van der Waals surface area contributed by atoms with Crippen LogP contribution in [0.5, 0.6) is 5.75 Å². The summed E-state index contributed by atoms with van der Waals surface area (Å²) in [5.74, 6) is 0.269. The minimum absolute atomic E-state index is 0.0308. The van der Waals surface area contributed by atoms with Crippen LogP contribution in [0.2, 0.25) is 0 Å². The summed E-state index contributed by atoms with van der Waals surface area (Å²) in [5, 5.41) is 9.49. The molecule has 0 bridgehead atoms. The second kappa shape index (κ2) is 5.83. The first kappa shape index (κ1) is 16.8. The lowest BCUT2D eigenvalue weighted by Crippen LogP contribution is -2.58. The molecule has 2 aliphatic carbocycles. The van der Waals surface area contributed by atoms with Crippen LogP contribution < -0.4 is 0 Å². The van der Waals surface area contributed by atoms with E-state index in [2.05, 4.69) is 23.1 Å². The summed E-state index contributed by atoms with van der Waals surface area (Å²) < 4.78 is 5.00. The van der Waals surface area contributed by atoms with Crippen molar-refractivity contribution in [1.29, 1.82) is 0 Å². The van der Waals surface area contributed by atoms with Crippen molar-refractivity contribution in [2.45, 2.75) is 25.7 Å². The van der Waals surface area contributed by atoms with E-state index in [1.807, 2.05) is 12.1 Å². The SMILES string of the molecule is COC(=O)C1(CN2CC3(Cc4ccc(-c5ccc(O)cc5)cc4C3)C2)CC1. The predicted molar refractivity (Wildman–Crippen MR) is 104 cm³/mol. The average Bonchev–Trinajstić information content (AvgIpc) is 3.32. The normalized spacial score (nSPS) is 21.5. The van der Waals surface area contributed by atoms with Gasteiger partial charge in [0.05, 0.1) is 12.5 Å². The maximum atomic E-state index is 12.0. The molecular formula is C23H25NO3. The zero-order valence-electron chi connectivity index (χ0n) is 15.7. The van der Waals surface area contributed by atoms with Crippen LogP contribution in [0.25, 0.3) is 11.1 Å².